The molecule has 2 rings (SSSR count). The van der Waals surface area contributed by atoms with Crippen molar-refractivity contribution in [2.24, 2.45) is 10.7 Å². The number of hydrogen-bond donors (Lipinski definition) is 2. The predicted molar refractivity (Wildman–Crippen MR) is 74.2 cm³/mol. The molecule has 102 valence electrons. The summed E-state index contributed by atoms with van der Waals surface area (Å²) < 4.78 is 13.4. The van der Waals surface area contributed by atoms with Gasteiger partial charge in [-0.15, -0.1) is 0 Å². The summed E-state index contributed by atoms with van der Waals surface area (Å²) in [5.74, 6) is -1.21. The predicted octanol–water partition coefficient (Wildman–Crippen LogP) is 1.85. The topological polar surface area (TPSA) is 75.7 Å². The summed E-state index contributed by atoms with van der Waals surface area (Å²) in [6, 6.07) is 12.5. The highest BCUT2D eigenvalue weighted by atomic mass is 19.1. The molecule has 0 bridgehead atoms. The van der Waals surface area contributed by atoms with Crippen LogP contribution >= 0.6 is 0 Å². The second kappa shape index (κ2) is 5.97. The molecule has 0 unspecified atom stereocenters. The fourth-order valence-corrected chi connectivity index (χ4v) is 1.78. The van der Waals surface area contributed by atoms with Crippen LogP contribution in [0.3, 0.4) is 0 Å². The van der Waals surface area contributed by atoms with Crippen LogP contribution in [0.4, 0.5) is 4.39 Å². The number of amides is 1. The Morgan fingerprint density at radius 1 is 1.20 bits per heavy atom. The van der Waals surface area contributed by atoms with Gasteiger partial charge in [0.1, 0.15) is 18.1 Å². The van der Waals surface area contributed by atoms with Crippen LogP contribution in [0.2, 0.25) is 0 Å². The van der Waals surface area contributed by atoms with Crippen molar-refractivity contribution in [3.63, 3.8) is 0 Å². The summed E-state index contributed by atoms with van der Waals surface area (Å²) in [6.45, 7) is -0.236. The maximum atomic E-state index is 13.4. The van der Waals surface area contributed by atoms with Crippen LogP contribution in [0.25, 0.3) is 0 Å². The highest BCUT2D eigenvalue weighted by Crippen LogP contribution is 2.22. The van der Waals surface area contributed by atoms with Gasteiger partial charge in [-0.05, 0) is 18.2 Å². The number of carbonyl (C=O) groups is 1. The maximum Gasteiger partial charge on any atom is 0.239 e. The molecular formula is C15H13FN2O2. The third-order valence-corrected chi connectivity index (χ3v) is 2.65. The molecular weight excluding hydrogens is 259 g/mol. The number of halogens is 1. The van der Waals surface area contributed by atoms with Gasteiger partial charge < -0.3 is 10.8 Å². The van der Waals surface area contributed by atoms with Crippen LogP contribution in [0.15, 0.2) is 53.5 Å². The van der Waals surface area contributed by atoms with Crippen molar-refractivity contribution < 1.29 is 14.3 Å². The van der Waals surface area contributed by atoms with Crippen molar-refractivity contribution in [2.75, 3.05) is 6.54 Å². The number of aliphatic imine (C=N–C) groups is 1. The van der Waals surface area contributed by atoms with Gasteiger partial charge in [0, 0.05) is 11.1 Å². The molecule has 0 atom stereocenters. The number of nitrogens with zero attached hydrogens (tertiary/aromatic N) is 1. The average molecular weight is 272 g/mol. The number of phenols is 1. The van der Waals surface area contributed by atoms with Gasteiger partial charge in [-0.2, -0.15) is 0 Å². The van der Waals surface area contributed by atoms with Gasteiger partial charge in [0.15, 0.2) is 0 Å². The van der Waals surface area contributed by atoms with E-state index >= 15 is 0 Å². The van der Waals surface area contributed by atoms with E-state index in [1.54, 1.807) is 24.3 Å². The molecule has 0 aliphatic rings. The minimum absolute atomic E-state index is 0.113. The van der Waals surface area contributed by atoms with E-state index in [2.05, 4.69) is 4.99 Å². The van der Waals surface area contributed by atoms with E-state index < -0.39 is 11.7 Å². The van der Waals surface area contributed by atoms with Crippen LogP contribution in [-0.4, -0.2) is 23.3 Å². The lowest BCUT2D eigenvalue weighted by atomic mass is 10.0. The van der Waals surface area contributed by atoms with Crippen molar-refractivity contribution in [1.29, 1.82) is 0 Å². The first-order valence-electron chi connectivity index (χ1n) is 5.95. The fraction of sp³-hybridized carbons (Fsp3) is 0.0667. The van der Waals surface area contributed by atoms with Crippen molar-refractivity contribution in [1.82, 2.24) is 0 Å². The highest BCUT2D eigenvalue weighted by molar-refractivity contribution is 6.14. The Morgan fingerprint density at radius 3 is 2.55 bits per heavy atom. The van der Waals surface area contributed by atoms with E-state index in [0.717, 1.165) is 6.07 Å². The number of hydrogen-bond acceptors (Lipinski definition) is 3. The fourth-order valence-electron chi connectivity index (χ4n) is 1.78. The van der Waals surface area contributed by atoms with E-state index in [1.165, 1.54) is 12.1 Å². The molecule has 0 saturated carbocycles. The van der Waals surface area contributed by atoms with Gasteiger partial charge in [0.05, 0.1) is 5.71 Å². The quantitative estimate of drug-likeness (QED) is 0.833. The molecule has 2 aromatic rings. The Kier molecular flexibility index (Phi) is 4.10. The van der Waals surface area contributed by atoms with Gasteiger partial charge in [0.2, 0.25) is 5.91 Å². The van der Waals surface area contributed by atoms with Crippen molar-refractivity contribution in [3.05, 3.63) is 65.5 Å². The minimum atomic E-state index is -0.602. The van der Waals surface area contributed by atoms with Gasteiger partial charge in [-0.1, -0.05) is 30.3 Å². The van der Waals surface area contributed by atoms with Crippen LogP contribution < -0.4 is 5.73 Å². The van der Waals surface area contributed by atoms with Gasteiger partial charge >= 0.3 is 0 Å². The normalized spacial score (nSPS) is 11.3. The Balaban J connectivity index is 2.55. The smallest absolute Gasteiger partial charge is 0.239 e. The summed E-state index contributed by atoms with van der Waals surface area (Å²) in [6.07, 6.45) is 0. The van der Waals surface area contributed by atoms with Crippen LogP contribution in [0.5, 0.6) is 5.75 Å². The number of benzene rings is 2. The molecule has 4 nitrogen and oxygen atoms in total. The van der Waals surface area contributed by atoms with Crippen molar-refractivity contribution in [2.45, 2.75) is 0 Å². The molecule has 0 aliphatic heterocycles. The third kappa shape index (κ3) is 3.20. The summed E-state index contributed by atoms with van der Waals surface area (Å²) in [5.41, 5.74) is 6.28. The molecule has 0 aromatic heterocycles. The Hall–Kier alpha value is -2.69. The van der Waals surface area contributed by atoms with Crippen molar-refractivity contribution >= 4 is 11.6 Å². The minimum Gasteiger partial charge on any atom is -0.507 e. The number of nitrogens with two attached hydrogens (primary N) is 1. The van der Waals surface area contributed by atoms with E-state index in [4.69, 9.17) is 5.73 Å². The molecule has 3 N–H and O–H groups in total. The molecule has 0 spiro atoms. The molecule has 0 radical (unpaired) electrons. The molecule has 20 heavy (non-hydrogen) atoms. The Morgan fingerprint density at radius 2 is 1.90 bits per heavy atom. The second-order valence-corrected chi connectivity index (χ2v) is 4.16. The van der Waals surface area contributed by atoms with E-state index in [-0.39, 0.29) is 17.9 Å². The number of aromatic hydroxyl groups is 1. The van der Waals surface area contributed by atoms with E-state index in [9.17, 15) is 14.3 Å². The zero-order valence-electron chi connectivity index (χ0n) is 10.6. The van der Waals surface area contributed by atoms with Gasteiger partial charge in [-0.25, -0.2) is 4.39 Å². The SMILES string of the molecule is NC(=O)CN=C(c1ccccc1)c1cc(F)ccc1O. The van der Waals surface area contributed by atoms with Crippen LogP contribution in [-0.2, 0) is 4.79 Å². The molecule has 0 heterocycles. The lowest BCUT2D eigenvalue weighted by Gasteiger charge is -2.09. The molecule has 2 aromatic carbocycles. The zero-order chi connectivity index (χ0) is 14.5. The van der Waals surface area contributed by atoms with Gasteiger partial charge in [-0.3, -0.25) is 9.79 Å². The lowest BCUT2D eigenvalue weighted by Crippen LogP contribution is -2.16. The van der Waals surface area contributed by atoms with Crippen LogP contribution in [0, 0.1) is 5.82 Å². The van der Waals surface area contributed by atoms with Crippen LogP contribution in [0.1, 0.15) is 11.1 Å². The second-order valence-electron chi connectivity index (χ2n) is 4.16. The highest BCUT2D eigenvalue weighted by Gasteiger charge is 2.12. The first kappa shape index (κ1) is 13.7. The zero-order valence-corrected chi connectivity index (χ0v) is 10.6. The lowest BCUT2D eigenvalue weighted by molar-refractivity contribution is -0.116. The summed E-state index contributed by atoms with van der Waals surface area (Å²) in [4.78, 5) is 15.0. The number of primary amides is 1. The monoisotopic (exact) mass is 272 g/mol. The number of rotatable bonds is 4. The molecule has 0 fully saturated rings. The first-order chi connectivity index (χ1) is 9.58. The van der Waals surface area contributed by atoms with Gasteiger partial charge in [0.25, 0.3) is 0 Å². The largest absolute Gasteiger partial charge is 0.507 e. The maximum absolute atomic E-state index is 13.4. The third-order valence-electron chi connectivity index (χ3n) is 2.65. The Labute approximate surface area is 115 Å². The summed E-state index contributed by atoms with van der Waals surface area (Å²) >= 11 is 0. The van der Waals surface area contributed by atoms with E-state index in [1.807, 2.05) is 6.07 Å². The molecule has 0 saturated heterocycles. The first-order valence-corrected chi connectivity index (χ1v) is 5.95. The Bertz CT molecular complexity index is 654. The van der Waals surface area contributed by atoms with Crippen molar-refractivity contribution in [3.8, 4) is 5.75 Å². The number of phenolic OH excluding ortho intramolecular Hbond substituents is 1. The summed E-state index contributed by atoms with van der Waals surface area (Å²) in [7, 11) is 0. The molecule has 5 heteroatoms. The number of carbonyl (C=O) groups excluding carboxylic acids is 1. The standard InChI is InChI=1S/C15H13FN2O2/c16-11-6-7-13(19)12(8-11)15(18-9-14(17)20)10-4-2-1-3-5-10/h1-8,19H,9H2,(H2,17,20). The molecule has 0 aliphatic carbocycles. The van der Waals surface area contributed by atoms with E-state index in [0.29, 0.717) is 11.3 Å². The average Bonchev–Trinajstić information content (AvgIpc) is 2.43. The summed E-state index contributed by atoms with van der Waals surface area (Å²) in [5, 5.41) is 9.87. The molecule has 1 amide bonds.